The lowest BCUT2D eigenvalue weighted by molar-refractivity contribution is -0.122. The summed E-state index contributed by atoms with van der Waals surface area (Å²) < 4.78 is 13.9. The van der Waals surface area contributed by atoms with Gasteiger partial charge in [-0.05, 0) is 187 Å². The zero-order valence-electron chi connectivity index (χ0n) is 38.2. The van der Waals surface area contributed by atoms with Crippen molar-refractivity contribution in [3.8, 4) is 0 Å². The molecule has 0 spiro atoms. The van der Waals surface area contributed by atoms with Gasteiger partial charge in [0.1, 0.15) is 0 Å². The topological polar surface area (TPSA) is 18.5 Å². The first kappa shape index (κ1) is 44.5. The molecule has 0 aromatic heterocycles. The maximum absolute atomic E-state index is 7.29. The molecule has 7 rings (SSSR count). The number of rotatable bonds is 16. The number of methoxy groups -OCH3 is 1. The minimum Gasteiger partial charge on any atom is -0.381 e. The van der Waals surface area contributed by atoms with Gasteiger partial charge in [-0.3, -0.25) is 0 Å². The summed E-state index contributed by atoms with van der Waals surface area (Å²) in [4.78, 5) is 0. The normalized spacial score (nSPS) is 35.1. The third kappa shape index (κ3) is 12.5. The molecule has 7 saturated carbocycles. The van der Waals surface area contributed by atoms with Gasteiger partial charge in [-0.1, -0.05) is 133 Å². The second kappa shape index (κ2) is 23.6. The van der Waals surface area contributed by atoms with Gasteiger partial charge in [0.2, 0.25) is 0 Å². The van der Waals surface area contributed by atoms with Crippen molar-refractivity contribution in [1.29, 1.82) is 0 Å². The van der Waals surface area contributed by atoms with Crippen LogP contribution >= 0.6 is 0 Å². The minimum absolute atomic E-state index is 0.427. The Labute approximate surface area is 354 Å². The molecule has 0 saturated heterocycles. The lowest BCUT2D eigenvalue weighted by Gasteiger charge is -2.48. The van der Waals surface area contributed by atoms with Crippen LogP contribution in [0, 0.1) is 65.1 Å². The number of hydrogen-bond donors (Lipinski definition) is 0. The van der Waals surface area contributed by atoms with E-state index in [4.69, 9.17) is 9.47 Å². The summed E-state index contributed by atoms with van der Waals surface area (Å²) in [6.07, 6.45) is 55.5. The summed E-state index contributed by atoms with van der Waals surface area (Å²) in [6.45, 7) is 5.77. The van der Waals surface area contributed by atoms with Crippen LogP contribution in [-0.2, 0) is 9.47 Å². The number of allylic oxidation sites excluding steroid dienone is 4. The third-order valence-electron chi connectivity index (χ3n) is 18.4. The van der Waals surface area contributed by atoms with E-state index in [-0.39, 0.29) is 0 Å². The zero-order chi connectivity index (χ0) is 39.2. The van der Waals surface area contributed by atoms with Crippen molar-refractivity contribution < 1.29 is 9.47 Å². The van der Waals surface area contributed by atoms with Gasteiger partial charge < -0.3 is 9.47 Å². The minimum atomic E-state index is 0.427. The van der Waals surface area contributed by atoms with Crippen LogP contribution in [0.15, 0.2) is 23.3 Å². The largest absolute Gasteiger partial charge is 0.381 e. The predicted molar refractivity (Wildman–Crippen MR) is 243 cm³/mol. The Kier molecular flexibility index (Phi) is 18.4. The van der Waals surface area contributed by atoms with Crippen molar-refractivity contribution in [3.63, 3.8) is 0 Å². The van der Waals surface area contributed by atoms with Gasteiger partial charge in [0.15, 0.2) is 0 Å². The molecule has 0 aromatic carbocycles. The van der Waals surface area contributed by atoms with E-state index in [2.05, 4.69) is 33.1 Å². The fourth-order valence-corrected chi connectivity index (χ4v) is 14.8. The highest BCUT2D eigenvalue weighted by Crippen LogP contribution is 2.50. The average molecular weight is 787 g/mol. The van der Waals surface area contributed by atoms with Crippen LogP contribution in [0.25, 0.3) is 0 Å². The summed E-state index contributed by atoms with van der Waals surface area (Å²) in [6, 6.07) is 0. The molecule has 0 N–H and O–H groups in total. The first-order valence-electron chi connectivity index (χ1n) is 26.7. The van der Waals surface area contributed by atoms with Crippen LogP contribution in [0.4, 0.5) is 0 Å². The van der Waals surface area contributed by atoms with Gasteiger partial charge in [-0.2, -0.15) is 0 Å². The van der Waals surface area contributed by atoms with Crippen molar-refractivity contribution in [2.24, 2.45) is 65.1 Å². The van der Waals surface area contributed by atoms with Crippen LogP contribution in [0.3, 0.4) is 0 Å². The first-order chi connectivity index (χ1) is 28.1. The molecule has 57 heavy (non-hydrogen) atoms. The molecular formula is C55H94O2. The van der Waals surface area contributed by atoms with Crippen molar-refractivity contribution in [2.75, 3.05) is 13.7 Å². The molecule has 2 nitrogen and oxygen atoms in total. The molecule has 7 fully saturated rings. The molecule has 0 bridgehead atoms. The van der Waals surface area contributed by atoms with Crippen LogP contribution in [0.5, 0.6) is 0 Å². The van der Waals surface area contributed by atoms with Crippen LogP contribution < -0.4 is 0 Å². The molecule has 5 atom stereocenters. The van der Waals surface area contributed by atoms with Gasteiger partial charge >= 0.3 is 0 Å². The van der Waals surface area contributed by atoms with E-state index < -0.39 is 0 Å². The standard InChI is InChI=1S/C55H94O2/c1-4-6-19-41(5-2)40-57-55-39-52(48-32-28-42(29-33-48)36-50(44-20-11-7-12-21-44)45-22-13-8-14-23-45)54(56-3)38-53(55)49-34-30-43(31-35-49)37-51(46-24-15-9-16-25-46)47-26-17-10-18-27-47/h36-37,41-49,52-55H,4-35,38-40H2,1-3H3. The van der Waals surface area contributed by atoms with Gasteiger partial charge in [-0.25, -0.2) is 0 Å². The van der Waals surface area contributed by atoms with Gasteiger partial charge in [-0.15, -0.1) is 0 Å². The average Bonchev–Trinajstić information content (AvgIpc) is 3.29. The molecule has 326 valence electrons. The molecule has 0 amide bonds. The molecule has 0 aliphatic heterocycles. The van der Waals surface area contributed by atoms with Crippen molar-refractivity contribution in [1.82, 2.24) is 0 Å². The summed E-state index contributed by atoms with van der Waals surface area (Å²) in [5.41, 5.74) is 3.92. The molecule has 7 aliphatic carbocycles. The lowest BCUT2D eigenvalue weighted by atomic mass is 9.62. The van der Waals surface area contributed by atoms with Crippen LogP contribution in [0.1, 0.15) is 232 Å². The monoisotopic (exact) mass is 787 g/mol. The number of unbranched alkanes of at least 4 members (excludes halogenated alkanes) is 1. The number of ether oxygens (including phenoxy) is 2. The maximum atomic E-state index is 7.29. The first-order valence-corrected chi connectivity index (χ1v) is 26.7. The summed E-state index contributed by atoms with van der Waals surface area (Å²) in [7, 11) is 2.07. The Bertz CT molecular complexity index is 1120. The fourth-order valence-electron chi connectivity index (χ4n) is 14.8. The van der Waals surface area contributed by atoms with Crippen LogP contribution in [-0.4, -0.2) is 25.9 Å². The SMILES string of the molecule is CCCCC(CC)COC1CC(C2CCC(C=C(C3CCCCC3)C3CCCCC3)CC2)C(OC)CC1C1CCC(C=C(C2CCCCC2)C2CCCCC2)CC1. The molecule has 7 aliphatic rings. The Balaban J connectivity index is 1.01. The molecular weight excluding hydrogens is 693 g/mol. The molecule has 2 heteroatoms. The van der Waals surface area contributed by atoms with E-state index >= 15 is 0 Å². The van der Waals surface area contributed by atoms with E-state index in [9.17, 15) is 0 Å². The lowest BCUT2D eigenvalue weighted by Crippen LogP contribution is -2.47. The summed E-state index contributed by atoms with van der Waals surface area (Å²) in [5, 5.41) is 0. The second-order valence-corrected chi connectivity index (χ2v) is 21.9. The summed E-state index contributed by atoms with van der Waals surface area (Å²) >= 11 is 0. The quantitative estimate of drug-likeness (QED) is 0.145. The Morgan fingerprint density at radius 1 is 0.491 bits per heavy atom. The van der Waals surface area contributed by atoms with E-state index in [1.807, 2.05) is 11.1 Å². The molecule has 0 aromatic rings. The Morgan fingerprint density at radius 2 is 0.877 bits per heavy atom. The van der Waals surface area contributed by atoms with Crippen molar-refractivity contribution in [3.05, 3.63) is 23.3 Å². The fraction of sp³-hybridized carbons (Fsp3) is 0.927. The second-order valence-electron chi connectivity index (χ2n) is 21.9. The summed E-state index contributed by atoms with van der Waals surface area (Å²) in [5.74, 6) is 9.04. The van der Waals surface area contributed by atoms with E-state index in [0.717, 1.165) is 59.9 Å². The van der Waals surface area contributed by atoms with E-state index in [1.165, 1.54) is 218 Å². The Hall–Kier alpha value is -0.600. The van der Waals surface area contributed by atoms with Crippen molar-refractivity contribution in [2.45, 2.75) is 244 Å². The van der Waals surface area contributed by atoms with E-state index in [1.54, 1.807) is 0 Å². The smallest absolute Gasteiger partial charge is 0.0610 e. The highest BCUT2D eigenvalue weighted by atomic mass is 16.5. The zero-order valence-corrected chi connectivity index (χ0v) is 38.2. The highest BCUT2D eigenvalue weighted by Gasteiger charge is 2.45. The van der Waals surface area contributed by atoms with E-state index in [0.29, 0.717) is 24.0 Å². The molecule has 5 unspecified atom stereocenters. The predicted octanol–water partition coefficient (Wildman–Crippen LogP) is 16.4. The van der Waals surface area contributed by atoms with Crippen LogP contribution in [0.2, 0.25) is 0 Å². The van der Waals surface area contributed by atoms with Gasteiger partial charge in [0.25, 0.3) is 0 Å². The number of hydrogen-bond acceptors (Lipinski definition) is 2. The third-order valence-corrected chi connectivity index (χ3v) is 18.4. The van der Waals surface area contributed by atoms with Gasteiger partial charge in [0.05, 0.1) is 12.2 Å². The van der Waals surface area contributed by atoms with Crippen molar-refractivity contribution >= 4 is 0 Å². The molecule has 0 radical (unpaired) electrons. The Morgan fingerprint density at radius 3 is 1.25 bits per heavy atom. The highest BCUT2D eigenvalue weighted by molar-refractivity contribution is 5.16. The molecule has 0 heterocycles. The van der Waals surface area contributed by atoms with Gasteiger partial charge in [0, 0.05) is 13.7 Å². The maximum Gasteiger partial charge on any atom is 0.0610 e.